The monoisotopic (exact) mass is 387 g/mol. The Balaban J connectivity index is 2.12. The van der Waals surface area contributed by atoms with Crippen molar-refractivity contribution in [1.82, 2.24) is 4.90 Å². The molecule has 0 unspecified atom stereocenters. The molecule has 150 valence electrons. The van der Waals surface area contributed by atoms with Crippen LogP contribution in [0.4, 0.5) is 11.4 Å². The van der Waals surface area contributed by atoms with E-state index in [4.69, 9.17) is 9.47 Å². The maximum Gasteiger partial charge on any atom is 0.311 e. The summed E-state index contributed by atoms with van der Waals surface area (Å²) < 4.78 is 10.8. The van der Waals surface area contributed by atoms with E-state index < -0.39 is 10.8 Å². The van der Waals surface area contributed by atoms with Crippen molar-refractivity contribution in [2.75, 3.05) is 38.7 Å². The highest BCUT2D eigenvalue weighted by Crippen LogP contribution is 2.29. The number of nitrogens with one attached hydrogen (secondary N) is 1. The van der Waals surface area contributed by atoms with Gasteiger partial charge in [-0.3, -0.25) is 14.9 Å². The highest BCUT2D eigenvalue weighted by Gasteiger charge is 2.19. The van der Waals surface area contributed by atoms with E-state index in [9.17, 15) is 14.9 Å². The van der Waals surface area contributed by atoms with Gasteiger partial charge in [-0.15, -0.1) is 0 Å². The summed E-state index contributed by atoms with van der Waals surface area (Å²) in [6.07, 6.45) is 0. The van der Waals surface area contributed by atoms with E-state index in [0.29, 0.717) is 18.0 Å². The Morgan fingerprint density at radius 3 is 2.50 bits per heavy atom. The lowest BCUT2D eigenvalue weighted by molar-refractivity contribution is -0.385. The molecule has 0 atom stereocenters. The van der Waals surface area contributed by atoms with E-state index in [1.807, 2.05) is 6.07 Å². The smallest absolute Gasteiger partial charge is 0.311 e. The second kappa shape index (κ2) is 10.3. The summed E-state index contributed by atoms with van der Waals surface area (Å²) in [6, 6.07) is 11.2. The summed E-state index contributed by atoms with van der Waals surface area (Å²) in [5.74, 6) is 0.179. The maximum atomic E-state index is 12.6. The molecule has 8 nitrogen and oxygen atoms in total. The maximum absolute atomic E-state index is 12.6. The van der Waals surface area contributed by atoms with Gasteiger partial charge in [-0.2, -0.15) is 0 Å². The second-order valence-corrected chi connectivity index (χ2v) is 5.97. The minimum absolute atomic E-state index is 0.0988. The number of nitro benzene ring substituents is 1. The van der Waals surface area contributed by atoms with Crippen LogP contribution in [0.25, 0.3) is 0 Å². The van der Waals surface area contributed by atoms with Crippen molar-refractivity contribution in [3.63, 3.8) is 0 Å². The number of hydrogen-bond donors (Lipinski definition) is 1. The molecule has 0 aliphatic carbocycles. The molecule has 0 aromatic heterocycles. The number of nitro groups is 1. The number of carbonyl (C=O) groups is 1. The lowest BCUT2D eigenvalue weighted by Crippen LogP contribution is -2.28. The van der Waals surface area contributed by atoms with Crippen molar-refractivity contribution < 1.29 is 19.2 Å². The van der Waals surface area contributed by atoms with Crippen molar-refractivity contribution in [3.05, 3.63) is 58.1 Å². The zero-order valence-corrected chi connectivity index (χ0v) is 16.3. The Bertz CT molecular complexity index is 821. The lowest BCUT2D eigenvalue weighted by Gasteiger charge is -2.19. The second-order valence-electron chi connectivity index (χ2n) is 5.97. The fraction of sp³-hybridized carbons (Fsp3) is 0.350. The quantitative estimate of drug-likeness (QED) is 0.495. The van der Waals surface area contributed by atoms with Crippen LogP contribution in [0.15, 0.2) is 42.5 Å². The number of likely N-dealkylation sites (N-methyl/N-ethyl adjacent to an activating group) is 1. The molecule has 0 bridgehead atoms. The summed E-state index contributed by atoms with van der Waals surface area (Å²) in [5, 5.41) is 13.9. The van der Waals surface area contributed by atoms with Gasteiger partial charge in [0.05, 0.1) is 17.7 Å². The van der Waals surface area contributed by atoms with Crippen molar-refractivity contribution in [1.29, 1.82) is 0 Å². The Hall–Kier alpha value is -3.13. The average molecular weight is 387 g/mol. The normalized spacial score (nSPS) is 10.6. The van der Waals surface area contributed by atoms with E-state index in [-0.39, 0.29) is 17.0 Å². The van der Waals surface area contributed by atoms with Gasteiger partial charge in [-0.05, 0) is 37.4 Å². The number of benzene rings is 2. The van der Waals surface area contributed by atoms with Crippen LogP contribution in [-0.2, 0) is 0 Å². The molecule has 8 heteroatoms. The molecule has 0 saturated heterocycles. The molecule has 0 aliphatic rings. The summed E-state index contributed by atoms with van der Waals surface area (Å²) in [6.45, 7) is 7.32. The Labute approximate surface area is 164 Å². The van der Waals surface area contributed by atoms with Gasteiger partial charge in [0.1, 0.15) is 12.4 Å². The molecule has 0 radical (unpaired) electrons. The molecule has 28 heavy (non-hydrogen) atoms. The van der Waals surface area contributed by atoms with Crippen LogP contribution < -0.4 is 14.8 Å². The number of ether oxygens (including phenoxy) is 2. The number of hydrogen-bond acceptors (Lipinski definition) is 6. The van der Waals surface area contributed by atoms with Crippen molar-refractivity contribution in [3.8, 4) is 11.5 Å². The molecule has 0 saturated carbocycles. The number of amides is 1. The number of rotatable bonds is 10. The first-order chi connectivity index (χ1) is 13.5. The molecule has 1 amide bonds. The average Bonchev–Trinajstić information content (AvgIpc) is 2.71. The van der Waals surface area contributed by atoms with Gasteiger partial charge in [0.25, 0.3) is 5.91 Å². The molecular formula is C20H25N3O5. The number of carbonyl (C=O) groups excluding carboxylic acids is 1. The van der Waals surface area contributed by atoms with E-state index in [2.05, 4.69) is 24.1 Å². The van der Waals surface area contributed by atoms with Crippen LogP contribution in [-0.4, -0.2) is 49.1 Å². The van der Waals surface area contributed by atoms with Crippen LogP contribution >= 0.6 is 0 Å². The zero-order valence-electron chi connectivity index (χ0n) is 16.3. The first kappa shape index (κ1) is 21.2. The largest absolute Gasteiger partial charge is 0.490 e. The van der Waals surface area contributed by atoms with Crippen LogP contribution in [0, 0.1) is 10.1 Å². The number of para-hydroxylation sites is 2. The molecular weight excluding hydrogens is 362 g/mol. The van der Waals surface area contributed by atoms with E-state index >= 15 is 0 Å². The first-order valence-electron chi connectivity index (χ1n) is 9.08. The van der Waals surface area contributed by atoms with Crippen molar-refractivity contribution in [2.24, 2.45) is 0 Å². The Morgan fingerprint density at radius 2 is 1.86 bits per heavy atom. The van der Waals surface area contributed by atoms with Crippen LogP contribution in [0.1, 0.15) is 24.2 Å². The topological polar surface area (TPSA) is 93.9 Å². The summed E-state index contributed by atoms with van der Waals surface area (Å²) in [7, 11) is 1.34. The van der Waals surface area contributed by atoms with Gasteiger partial charge in [0.2, 0.25) is 0 Å². The number of anilines is 1. The van der Waals surface area contributed by atoms with Crippen LogP contribution in [0.5, 0.6) is 11.5 Å². The predicted octanol–water partition coefficient (Wildman–Crippen LogP) is 3.58. The van der Waals surface area contributed by atoms with E-state index in [1.54, 1.807) is 18.2 Å². The van der Waals surface area contributed by atoms with E-state index in [1.165, 1.54) is 25.3 Å². The minimum atomic E-state index is -0.583. The Kier molecular flexibility index (Phi) is 7.76. The molecule has 0 spiro atoms. The first-order valence-corrected chi connectivity index (χ1v) is 9.08. The molecule has 1 N–H and O–H groups in total. The van der Waals surface area contributed by atoms with E-state index in [0.717, 1.165) is 19.6 Å². The van der Waals surface area contributed by atoms with Gasteiger partial charge in [-0.25, -0.2) is 0 Å². The zero-order chi connectivity index (χ0) is 20.5. The van der Waals surface area contributed by atoms with Crippen molar-refractivity contribution >= 4 is 17.3 Å². The number of nitrogens with zero attached hydrogens (tertiary/aromatic N) is 2. The highest BCUT2D eigenvalue weighted by atomic mass is 16.6. The van der Waals surface area contributed by atoms with Gasteiger partial charge in [-0.1, -0.05) is 26.0 Å². The SMILES string of the molecule is CCN(CC)CCOc1ccccc1NC(=O)c1ccc(OC)c([N+](=O)[O-])c1. The minimum Gasteiger partial charge on any atom is -0.490 e. The Morgan fingerprint density at radius 1 is 1.14 bits per heavy atom. The van der Waals surface area contributed by atoms with Gasteiger partial charge < -0.3 is 19.7 Å². The molecule has 2 aromatic carbocycles. The third-order valence-corrected chi connectivity index (χ3v) is 4.33. The third-order valence-electron chi connectivity index (χ3n) is 4.33. The lowest BCUT2D eigenvalue weighted by atomic mass is 10.1. The molecule has 2 aromatic rings. The molecule has 0 heterocycles. The summed E-state index contributed by atoms with van der Waals surface area (Å²) in [5.41, 5.74) is 0.398. The molecule has 0 aliphatic heterocycles. The van der Waals surface area contributed by atoms with Gasteiger partial charge >= 0.3 is 5.69 Å². The highest BCUT2D eigenvalue weighted by molar-refractivity contribution is 6.05. The van der Waals surface area contributed by atoms with Crippen LogP contribution in [0.2, 0.25) is 0 Å². The summed E-state index contributed by atoms with van der Waals surface area (Å²) in [4.78, 5) is 25.4. The van der Waals surface area contributed by atoms with Gasteiger partial charge in [0, 0.05) is 18.2 Å². The molecule has 0 fully saturated rings. The number of methoxy groups -OCH3 is 1. The molecule has 2 rings (SSSR count). The fourth-order valence-corrected chi connectivity index (χ4v) is 2.69. The van der Waals surface area contributed by atoms with Crippen LogP contribution in [0.3, 0.4) is 0 Å². The standard InChI is InChI=1S/C20H25N3O5/c1-4-22(5-2)12-13-28-18-9-7-6-8-16(18)21-20(24)15-10-11-19(27-3)17(14-15)23(25)26/h6-11,14H,4-5,12-13H2,1-3H3,(H,21,24). The summed E-state index contributed by atoms with van der Waals surface area (Å²) >= 11 is 0. The predicted molar refractivity (Wildman–Crippen MR) is 107 cm³/mol. The van der Waals surface area contributed by atoms with Gasteiger partial charge in [0.15, 0.2) is 5.75 Å². The third kappa shape index (κ3) is 5.43. The fourth-order valence-electron chi connectivity index (χ4n) is 2.69. The van der Waals surface area contributed by atoms with Crippen molar-refractivity contribution in [2.45, 2.75) is 13.8 Å².